The predicted octanol–water partition coefficient (Wildman–Crippen LogP) is 3.15. The molecule has 5 aliphatic rings. The normalized spacial score (nSPS) is 35.5. The Morgan fingerprint density at radius 3 is 2.52 bits per heavy atom. The first-order valence-corrected chi connectivity index (χ1v) is 9.94. The molecule has 2 bridgehead atoms. The van der Waals surface area contributed by atoms with E-state index >= 15 is 0 Å². The molecular formula is C22H23N3O2. The quantitative estimate of drug-likeness (QED) is 0.733. The van der Waals surface area contributed by atoms with Gasteiger partial charge in [-0.2, -0.15) is 0 Å². The molecule has 1 saturated carbocycles. The molecule has 138 valence electrons. The summed E-state index contributed by atoms with van der Waals surface area (Å²) in [5, 5.41) is 0. The molecule has 7 rings (SSSR count). The molecule has 2 aromatic rings. The van der Waals surface area contributed by atoms with E-state index in [-0.39, 0.29) is 22.8 Å². The Balaban J connectivity index is 1.72. The van der Waals surface area contributed by atoms with Crippen LogP contribution in [-0.2, 0) is 5.54 Å². The highest BCUT2D eigenvalue weighted by Crippen LogP contribution is 2.72. The van der Waals surface area contributed by atoms with Crippen LogP contribution in [0.15, 0.2) is 63.2 Å². The van der Waals surface area contributed by atoms with Gasteiger partial charge in [-0.15, -0.1) is 0 Å². The Morgan fingerprint density at radius 2 is 1.74 bits per heavy atom. The summed E-state index contributed by atoms with van der Waals surface area (Å²) >= 11 is 0. The second-order valence-corrected chi connectivity index (χ2v) is 8.63. The summed E-state index contributed by atoms with van der Waals surface area (Å²) in [4.78, 5) is 27.0. The maximum absolute atomic E-state index is 13.6. The van der Waals surface area contributed by atoms with E-state index in [1.165, 1.54) is 22.1 Å². The average Bonchev–Trinajstić information content (AvgIpc) is 2.99. The van der Waals surface area contributed by atoms with Crippen LogP contribution in [0, 0.1) is 11.3 Å². The van der Waals surface area contributed by atoms with E-state index in [1.54, 1.807) is 4.68 Å². The van der Waals surface area contributed by atoms with Gasteiger partial charge in [0.05, 0.1) is 17.3 Å². The van der Waals surface area contributed by atoms with Gasteiger partial charge in [0.2, 0.25) is 0 Å². The lowest BCUT2D eigenvalue weighted by Gasteiger charge is -2.69. The summed E-state index contributed by atoms with van der Waals surface area (Å²) in [5.74, 6) is 0.339. The van der Waals surface area contributed by atoms with Crippen molar-refractivity contribution in [3.8, 4) is 5.69 Å². The van der Waals surface area contributed by atoms with E-state index in [0.29, 0.717) is 11.6 Å². The van der Waals surface area contributed by atoms with Gasteiger partial charge in [-0.3, -0.25) is 0 Å². The van der Waals surface area contributed by atoms with Crippen LogP contribution in [0.5, 0.6) is 0 Å². The summed E-state index contributed by atoms with van der Waals surface area (Å²) in [6, 6.07) is 9.26. The highest BCUT2D eigenvalue weighted by Gasteiger charge is 2.70. The number of aromatic nitrogens is 3. The summed E-state index contributed by atoms with van der Waals surface area (Å²) in [5.41, 5.74) is 2.71. The molecule has 1 aromatic heterocycles. The summed E-state index contributed by atoms with van der Waals surface area (Å²) in [6.07, 6.45) is 8.78. The molecule has 0 N–H and O–H groups in total. The van der Waals surface area contributed by atoms with Gasteiger partial charge in [-0.1, -0.05) is 54.3 Å². The van der Waals surface area contributed by atoms with Gasteiger partial charge in [0.15, 0.2) is 0 Å². The third-order valence-corrected chi connectivity index (χ3v) is 7.97. The zero-order chi connectivity index (χ0) is 18.6. The molecule has 27 heavy (non-hydrogen) atoms. The lowest BCUT2D eigenvalue weighted by Crippen LogP contribution is -2.71. The third-order valence-electron chi connectivity index (χ3n) is 7.97. The maximum Gasteiger partial charge on any atom is 0.352 e. The minimum absolute atomic E-state index is 0.00783. The fourth-order valence-corrected chi connectivity index (χ4v) is 6.90. The van der Waals surface area contributed by atoms with Crippen LogP contribution >= 0.6 is 0 Å². The van der Waals surface area contributed by atoms with Gasteiger partial charge in [0.25, 0.3) is 0 Å². The van der Waals surface area contributed by atoms with E-state index in [9.17, 15) is 9.59 Å². The van der Waals surface area contributed by atoms with Crippen molar-refractivity contribution in [3.05, 3.63) is 74.6 Å². The van der Waals surface area contributed by atoms with Crippen molar-refractivity contribution >= 4 is 0 Å². The number of hydrogen-bond acceptors (Lipinski definition) is 2. The van der Waals surface area contributed by atoms with Crippen molar-refractivity contribution in [2.75, 3.05) is 0 Å². The number of nitrogens with zero attached hydrogens (tertiary/aromatic N) is 3. The van der Waals surface area contributed by atoms with Crippen molar-refractivity contribution in [3.63, 3.8) is 0 Å². The van der Waals surface area contributed by atoms with Gasteiger partial charge in [0, 0.05) is 11.3 Å². The molecule has 4 atom stereocenters. The van der Waals surface area contributed by atoms with Crippen molar-refractivity contribution < 1.29 is 0 Å². The monoisotopic (exact) mass is 361 g/mol. The molecule has 1 aromatic carbocycles. The molecule has 3 aliphatic carbocycles. The van der Waals surface area contributed by atoms with E-state index in [0.717, 1.165) is 19.3 Å². The van der Waals surface area contributed by atoms with Crippen LogP contribution in [-0.4, -0.2) is 13.9 Å². The lowest BCUT2D eigenvalue weighted by atomic mass is 9.40. The van der Waals surface area contributed by atoms with Gasteiger partial charge < -0.3 is 0 Å². The van der Waals surface area contributed by atoms with Crippen LogP contribution in [0.25, 0.3) is 5.69 Å². The van der Waals surface area contributed by atoms with Crippen molar-refractivity contribution in [2.24, 2.45) is 11.3 Å². The van der Waals surface area contributed by atoms with Crippen molar-refractivity contribution in [1.82, 2.24) is 13.9 Å². The fourth-order valence-electron chi connectivity index (χ4n) is 6.90. The van der Waals surface area contributed by atoms with Crippen molar-refractivity contribution in [2.45, 2.75) is 51.1 Å². The van der Waals surface area contributed by atoms with Crippen LogP contribution in [0.3, 0.4) is 0 Å². The van der Waals surface area contributed by atoms with E-state index < -0.39 is 5.54 Å². The first-order chi connectivity index (χ1) is 13.0. The summed E-state index contributed by atoms with van der Waals surface area (Å²) in [6.45, 7) is 4.46. The summed E-state index contributed by atoms with van der Waals surface area (Å²) in [7, 11) is 0. The first kappa shape index (κ1) is 15.5. The van der Waals surface area contributed by atoms with Gasteiger partial charge in [-0.25, -0.2) is 23.5 Å². The zero-order valence-electron chi connectivity index (χ0n) is 15.7. The van der Waals surface area contributed by atoms with E-state index in [4.69, 9.17) is 0 Å². The average molecular weight is 361 g/mol. The minimum atomic E-state index is -0.398. The zero-order valence-corrected chi connectivity index (χ0v) is 15.7. The Morgan fingerprint density at radius 1 is 1.00 bits per heavy atom. The van der Waals surface area contributed by atoms with Crippen LogP contribution in [0.1, 0.15) is 45.6 Å². The molecule has 0 saturated heterocycles. The van der Waals surface area contributed by atoms with Gasteiger partial charge >= 0.3 is 11.4 Å². The maximum atomic E-state index is 13.6. The molecule has 0 radical (unpaired) electrons. The largest absolute Gasteiger partial charge is 0.352 e. The standard InChI is InChI=1S/C22H23N3O2/c1-14-15(2)22-12-7-6-11-21(22)13-10-17(18(14)22)24-19(26)23(20(27)25(21)24)16-8-4-3-5-9-16/h3-5,8-10,13,17-18H,6-7,11-12H2,1-2H3/t17-,18+,21+,22-/m0/s1. The molecule has 5 nitrogen and oxygen atoms in total. The van der Waals surface area contributed by atoms with E-state index in [1.807, 2.05) is 35.0 Å². The topological polar surface area (TPSA) is 48.9 Å². The number of benzene rings is 1. The molecule has 2 aliphatic heterocycles. The van der Waals surface area contributed by atoms with Crippen LogP contribution in [0.4, 0.5) is 0 Å². The Labute approximate surface area is 157 Å². The molecule has 0 amide bonds. The van der Waals surface area contributed by atoms with Crippen LogP contribution < -0.4 is 11.4 Å². The molecule has 1 fully saturated rings. The number of para-hydroxylation sites is 1. The highest BCUT2D eigenvalue weighted by atomic mass is 16.2. The first-order valence-electron chi connectivity index (χ1n) is 9.94. The predicted molar refractivity (Wildman–Crippen MR) is 103 cm³/mol. The second kappa shape index (κ2) is 4.64. The highest BCUT2D eigenvalue weighted by molar-refractivity contribution is 5.49. The number of rotatable bonds is 1. The molecule has 0 unspecified atom stereocenters. The third kappa shape index (κ3) is 1.41. The molecule has 2 spiro atoms. The second-order valence-electron chi connectivity index (χ2n) is 8.63. The van der Waals surface area contributed by atoms with E-state index in [2.05, 4.69) is 26.0 Å². The SMILES string of the molecule is CC1=C(C)[C@]23CCCC[C@@]24C=C[C@@H]([C@@H]13)n1c(=O)n(-c2ccccc2)c(=O)n14. The smallest absolute Gasteiger partial charge is 0.245 e. The molecule has 3 heterocycles. The molecular weight excluding hydrogens is 338 g/mol. The Hall–Kier alpha value is -2.56. The van der Waals surface area contributed by atoms with Gasteiger partial charge in [0.1, 0.15) is 0 Å². The Bertz CT molecular complexity index is 1160. The lowest BCUT2D eigenvalue weighted by molar-refractivity contribution is -0.0857. The summed E-state index contributed by atoms with van der Waals surface area (Å²) < 4.78 is 4.96. The number of hydrogen-bond donors (Lipinski definition) is 0. The number of allylic oxidation sites excluding steroid dienone is 4. The van der Waals surface area contributed by atoms with Crippen molar-refractivity contribution in [1.29, 1.82) is 0 Å². The molecule has 5 heteroatoms. The van der Waals surface area contributed by atoms with Gasteiger partial charge in [-0.05, 0) is 38.8 Å². The minimum Gasteiger partial charge on any atom is -0.245 e. The van der Waals surface area contributed by atoms with Crippen LogP contribution in [0.2, 0.25) is 0 Å². The Kier molecular flexibility index (Phi) is 2.66. The fraction of sp³-hybridized carbons (Fsp3) is 0.455.